The molecule has 7 heteroatoms. The number of carbonyl (C=O) groups excluding carboxylic acids is 1. The van der Waals surface area contributed by atoms with E-state index in [2.05, 4.69) is 10.7 Å². The first kappa shape index (κ1) is 17.9. The van der Waals surface area contributed by atoms with E-state index in [-0.39, 0.29) is 0 Å². The highest BCUT2D eigenvalue weighted by Gasteiger charge is 2.10. The van der Waals surface area contributed by atoms with Gasteiger partial charge in [-0.05, 0) is 48.9 Å². The summed E-state index contributed by atoms with van der Waals surface area (Å²) in [7, 11) is 1.62. The molecule has 0 unspecified atom stereocenters. The van der Waals surface area contributed by atoms with Crippen molar-refractivity contribution in [3.63, 3.8) is 0 Å². The van der Waals surface area contributed by atoms with E-state index in [9.17, 15) is 4.79 Å². The Balaban J connectivity index is 1.80. The van der Waals surface area contributed by atoms with Gasteiger partial charge in [0.15, 0.2) is 0 Å². The van der Waals surface area contributed by atoms with E-state index in [1.54, 1.807) is 25.3 Å². The van der Waals surface area contributed by atoms with Crippen LogP contribution in [0.25, 0.3) is 0 Å². The van der Waals surface area contributed by atoms with Crippen LogP contribution < -0.4 is 26.1 Å². The number of rotatable bonds is 8. The molecule has 2 aromatic rings. The van der Waals surface area contributed by atoms with Crippen molar-refractivity contribution < 1.29 is 14.3 Å². The maximum atomic E-state index is 11.7. The molecule has 2 aromatic carbocycles. The van der Waals surface area contributed by atoms with Crippen LogP contribution in [-0.4, -0.2) is 26.2 Å². The fourth-order valence-corrected chi connectivity index (χ4v) is 2.27. The lowest BCUT2D eigenvalue weighted by Crippen LogP contribution is -2.30. The number of ether oxygens (including phenoxy) is 2. The van der Waals surface area contributed by atoms with Gasteiger partial charge in [-0.2, -0.15) is 0 Å². The molecule has 0 aromatic heterocycles. The summed E-state index contributed by atoms with van der Waals surface area (Å²) in [5.41, 5.74) is 3.19. The Morgan fingerprint density at radius 2 is 1.88 bits per heavy atom. The number of hydrazine groups is 1. The van der Waals surface area contributed by atoms with E-state index >= 15 is 0 Å². The van der Waals surface area contributed by atoms with Gasteiger partial charge in [0.05, 0.1) is 19.3 Å². The number of amides is 1. The van der Waals surface area contributed by atoms with Crippen molar-refractivity contribution in [2.75, 3.05) is 25.6 Å². The minimum atomic E-state index is -0.394. The molecule has 0 atom stereocenters. The Hall–Kier alpha value is -2.44. The number of nitrogens with one attached hydrogen (secondary N) is 2. The van der Waals surface area contributed by atoms with E-state index < -0.39 is 5.91 Å². The van der Waals surface area contributed by atoms with Crippen molar-refractivity contribution in [1.29, 1.82) is 0 Å². The van der Waals surface area contributed by atoms with Gasteiger partial charge in [0, 0.05) is 17.3 Å². The molecule has 1 amide bonds. The fourth-order valence-electron chi connectivity index (χ4n) is 2.09. The van der Waals surface area contributed by atoms with Crippen LogP contribution >= 0.6 is 11.6 Å². The second kappa shape index (κ2) is 9.00. The number of nitrogens with two attached hydrogens (primary N) is 1. The summed E-state index contributed by atoms with van der Waals surface area (Å²) in [5, 5.41) is 3.66. The van der Waals surface area contributed by atoms with Gasteiger partial charge in [0.25, 0.3) is 5.91 Å². The van der Waals surface area contributed by atoms with Crippen LogP contribution in [0, 0.1) is 0 Å². The minimum Gasteiger partial charge on any atom is -0.497 e. The third-order valence-corrected chi connectivity index (χ3v) is 3.56. The van der Waals surface area contributed by atoms with Gasteiger partial charge in [-0.15, -0.1) is 0 Å². The smallest absolute Gasteiger partial charge is 0.267 e. The zero-order valence-corrected chi connectivity index (χ0v) is 14.1. The van der Waals surface area contributed by atoms with Crippen LogP contribution in [0.2, 0.25) is 5.02 Å². The number of nitrogen functional groups attached to an aromatic ring is 1. The number of hydrogen-bond acceptors (Lipinski definition) is 5. The standard InChI is InChI=1S/C17H20ClN3O3/c1-23-13-4-6-14(7-5-13)24-10-2-9-20-16-8-3-12(18)11-15(16)17(22)21-19/h3-8,11,20H,2,9-10,19H2,1H3,(H,21,22). The Morgan fingerprint density at radius 3 is 2.54 bits per heavy atom. The summed E-state index contributed by atoms with van der Waals surface area (Å²) in [5.74, 6) is 6.36. The Bertz CT molecular complexity index is 677. The molecule has 0 aliphatic carbocycles. The molecular weight excluding hydrogens is 330 g/mol. The van der Waals surface area contributed by atoms with Gasteiger partial charge >= 0.3 is 0 Å². The molecule has 0 radical (unpaired) electrons. The van der Waals surface area contributed by atoms with E-state index in [1.807, 2.05) is 24.3 Å². The van der Waals surface area contributed by atoms with Gasteiger partial charge in [-0.1, -0.05) is 11.6 Å². The summed E-state index contributed by atoms with van der Waals surface area (Å²) < 4.78 is 10.7. The number of benzene rings is 2. The normalized spacial score (nSPS) is 10.1. The lowest BCUT2D eigenvalue weighted by atomic mass is 10.1. The molecule has 4 N–H and O–H groups in total. The molecule has 0 bridgehead atoms. The van der Waals surface area contributed by atoms with Crippen molar-refractivity contribution in [1.82, 2.24) is 5.43 Å². The zero-order chi connectivity index (χ0) is 17.4. The topological polar surface area (TPSA) is 85.6 Å². The number of anilines is 1. The average molecular weight is 350 g/mol. The summed E-state index contributed by atoms with van der Waals surface area (Å²) in [6, 6.07) is 12.4. The van der Waals surface area contributed by atoms with E-state index in [0.717, 1.165) is 17.9 Å². The Morgan fingerprint density at radius 1 is 1.17 bits per heavy atom. The monoisotopic (exact) mass is 349 g/mol. The molecule has 24 heavy (non-hydrogen) atoms. The molecule has 2 rings (SSSR count). The van der Waals surface area contributed by atoms with Crippen LogP contribution in [0.5, 0.6) is 11.5 Å². The molecule has 0 saturated carbocycles. The van der Waals surface area contributed by atoms with Gasteiger partial charge in [-0.3, -0.25) is 10.2 Å². The molecule has 0 saturated heterocycles. The maximum absolute atomic E-state index is 11.7. The minimum absolute atomic E-state index is 0.394. The van der Waals surface area contributed by atoms with Gasteiger partial charge in [0.1, 0.15) is 11.5 Å². The summed E-state index contributed by atoms with van der Waals surface area (Å²) in [6.45, 7) is 1.19. The van der Waals surface area contributed by atoms with E-state index in [4.69, 9.17) is 26.9 Å². The zero-order valence-electron chi connectivity index (χ0n) is 13.3. The molecular formula is C17H20ClN3O3. The van der Waals surface area contributed by atoms with Crippen molar-refractivity contribution in [3.8, 4) is 11.5 Å². The lowest BCUT2D eigenvalue weighted by Gasteiger charge is -2.12. The van der Waals surface area contributed by atoms with Crippen molar-refractivity contribution in [2.45, 2.75) is 6.42 Å². The number of methoxy groups -OCH3 is 1. The molecule has 0 heterocycles. The SMILES string of the molecule is COc1ccc(OCCCNc2ccc(Cl)cc2C(=O)NN)cc1. The molecule has 128 valence electrons. The second-order valence-corrected chi connectivity index (χ2v) is 5.40. The Kier molecular flexibility index (Phi) is 6.72. The van der Waals surface area contributed by atoms with Crippen LogP contribution in [0.1, 0.15) is 16.8 Å². The molecule has 0 spiro atoms. The van der Waals surface area contributed by atoms with Crippen LogP contribution in [-0.2, 0) is 0 Å². The highest BCUT2D eigenvalue weighted by Crippen LogP contribution is 2.21. The van der Waals surface area contributed by atoms with Crippen LogP contribution in [0.4, 0.5) is 5.69 Å². The van der Waals surface area contributed by atoms with E-state index in [0.29, 0.717) is 29.4 Å². The molecule has 6 nitrogen and oxygen atoms in total. The molecule has 0 aliphatic rings. The first-order chi connectivity index (χ1) is 11.6. The highest BCUT2D eigenvalue weighted by molar-refractivity contribution is 6.31. The predicted octanol–water partition coefficient (Wildman–Crippen LogP) is 2.83. The quantitative estimate of drug-likeness (QED) is 0.295. The second-order valence-electron chi connectivity index (χ2n) is 4.97. The average Bonchev–Trinajstić information content (AvgIpc) is 2.62. The van der Waals surface area contributed by atoms with Crippen molar-refractivity contribution >= 4 is 23.2 Å². The third-order valence-electron chi connectivity index (χ3n) is 3.32. The Labute approximate surface area is 145 Å². The fraction of sp³-hybridized carbons (Fsp3) is 0.235. The number of hydrogen-bond donors (Lipinski definition) is 3. The largest absolute Gasteiger partial charge is 0.497 e. The number of carbonyl (C=O) groups is 1. The summed E-state index contributed by atoms with van der Waals surface area (Å²) in [6.07, 6.45) is 0.762. The van der Waals surface area contributed by atoms with Gasteiger partial charge in [-0.25, -0.2) is 5.84 Å². The van der Waals surface area contributed by atoms with Gasteiger partial charge in [0.2, 0.25) is 0 Å². The molecule has 0 aliphatic heterocycles. The predicted molar refractivity (Wildman–Crippen MR) is 94.7 cm³/mol. The number of halogens is 1. The third kappa shape index (κ3) is 5.04. The maximum Gasteiger partial charge on any atom is 0.267 e. The van der Waals surface area contributed by atoms with Crippen molar-refractivity contribution in [3.05, 3.63) is 53.1 Å². The summed E-state index contributed by atoms with van der Waals surface area (Å²) in [4.78, 5) is 11.7. The first-order valence-corrected chi connectivity index (χ1v) is 7.83. The first-order valence-electron chi connectivity index (χ1n) is 7.45. The lowest BCUT2D eigenvalue weighted by molar-refractivity contribution is 0.0954. The summed E-state index contributed by atoms with van der Waals surface area (Å²) >= 11 is 5.91. The van der Waals surface area contributed by atoms with Gasteiger partial charge < -0.3 is 14.8 Å². The highest BCUT2D eigenvalue weighted by atomic mass is 35.5. The van der Waals surface area contributed by atoms with Crippen LogP contribution in [0.3, 0.4) is 0 Å². The van der Waals surface area contributed by atoms with E-state index in [1.165, 1.54) is 0 Å². The van der Waals surface area contributed by atoms with Crippen molar-refractivity contribution in [2.24, 2.45) is 5.84 Å². The van der Waals surface area contributed by atoms with Crippen LogP contribution in [0.15, 0.2) is 42.5 Å². The molecule has 0 fully saturated rings.